The Hall–Kier alpha value is -3.50. The molecule has 1 fully saturated rings. The molecule has 4 rings (SSSR count). The Bertz CT molecular complexity index is 1240. The standard InChI is InChI=1S/C22H16FN3O4S2/c1-13-17(11-18-20(29)25(12-19(27)28)22(31)32-18)21(30-16-9-7-14(23)8-10-16)26(24-13)15-5-3-2-4-6-15/h2-11H,12H2,1H3,(H,27,28)/b18-11-. The highest BCUT2D eigenvalue weighted by molar-refractivity contribution is 8.26. The zero-order valence-electron chi connectivity index (χ0n) is 16.7. The largest absolute Gasteiger partial charge is 0.480 e. The van der Waals surface area contributed by atoms with Crippen molar-refractivity contribution in [3.05, 3.63) is 76.6 Å². The number of carboxylic acids is 1. The van der Waals surface area contributed by atoms with Crippen LogP contribution in [0.25, 0.3) is 11.8 Å². The molecule has 0 bridgehead atoms. The van der Waals surface area contributed by atoms with Crippen LogP contribution in [-0.2, 0) is 9.59 Å². The second-order valence-electron chi connectivity index (χ2n) is 6.77. The molecular formula is C22H16FN3O4S2. The van der Waals surface area contributed by atoms with Crippen molar-refractivity contribution in [2.45, 2.75) is 6.92 Å². The van der Waals surface area contributed by atoms with Crippen molar-refractivity contribution in [2.75, 3.05) is 6.54 Å². The molecule has 162 valence electrons. The number of carboxylic acid groups (broad SMARTS) is 1. The fraction of sp³-hybridized carbons (Fsp3) is 0.0909. The van der Waals surface area contributed by atoms with Gasteiger partial charge in [-0.3, -0.25) is 14.5 Å². The highest BCUT2D eigenvalue weighted by Crippen LogP contribution is 2.37. The number of thioether (sulfide) groups is 1. The quantitative estimate of drug-likeness (QED) is 0.423. The lowest BCUT2D eigenvalue weighted by molar-refractivity contribution is -0.140. The van der Waals surface area contributed by atoms with E-state index < -0.39 is 24.2 Å². The van der Waals surface area contributed by atoms with Gasteiger partial charge in [0.15, 0.2) is 0 Å². The predicted molar refractivity (Wildman–Crippen MR) is 122 cm³/mol. The molecule has 0 unspecified atom stereocenters. The monoisotopic (exact) mass is 469 g/mol. The summed E-state index contributed by atoms with van der Waals surface area (Å²) in [5.74, 6) is -1.34. The number of carbonyl (C=O) groups excluding carboxylic acids is 1. The van der Waals surface area contributed by atoms with Gasteiger partial charge in [-0.15, -0.1) is 0 Å². The van der Waals surface area contributed by atoms with Crippen LogP contribution < -0.4 is 4.74 Å². The van der Waals surface area contributed by atoms with Gasteiger partial charge in [-0.1, -0.05) is 42.2 Å². The van der Waals surface area contributed by atoms with E-state index in [1.165, 1.54) is 24.3 Å². The van der Waals surface area contributed by atoms with Gasteiger partial charge in [0.2, 0.25) is 5.88 Å². The Kier molecular flexibility index (Phi) is 6.06. The highest BCUT2D eigenvalue weighted by Gasteiger charge is 2.34. The van der Waals surface area contributed by atoms with E-state index in [0.29, 0.717) is 22.9 Å². The lowest BCUT2D eigenvalue weighted by atomic mass is 10.2. The molecule has 1 amide bonds. The minimum Gasteiger partial charge on any atom is -0.480 e. The predicted octanol–water partition coefficient (Wildman–Crippen LogP) is 4.40. The Labute approximate surface area is 192 Å². The molecule has 0 saturated carbocycles. The molecule has 2 aromatic carbocycles. The van der Waals surface area contributed by atoms with E-state index in [1.54, 1.807) is 17.7 Å². The van der Waals surface area contributed by atoms with Crippen molar-refractivity contribution in [3.8, 4) is 17.3 Å². The van der Waals surface area contributed by atoms with Crippen molar-refractivity contribution in [1.82, 2.24) is 14.7 Å². The molecule has 1 aromatic heterocycles. The van der Waals surface area contributed by atoms with E-state index in [2.05, 4.69) is 5.10 Å². The van der Waals surface area contributed by atoms with Crippen molar-refractivity contribution >= 4 is 46.3 Å². The van der Waals surface area contributed by atoms with Crippen LogP contribution in [0, 0.1) is 12.7 Å². The SMILES string of the molecule is Cc1nn(-c2ccccc2)c(Oc2ccc(F)cc2)c1/C=C1\SC(=S)N(CC(=O)O)C1=O. The van der Waals surface area contributed by atoms with E-state index in [4.69, 9.17) is 22.1 Å². The van der Waals surface area contributed by atoms with Crippen molar-refractivity contribution in [1.29, 1.82) is 0 Å². The van der Waals surface area contributed by atoms with Crippen LogP contribution in [0.5, 0.6) is 11.6 Å². The Morgan fingerprint density at radius 1 is 1.22 bits per heavy atom. The smallest absolute Gasteiger partial charge is 0.323 e. The number of para-hydroxylation sites is 1. The fourth-order valence-corrected chi connectivity index (χ4v) is 4.28. The molecule has 0 radical (unpaired) electrons. The van der Waals surface area contributed by atoms with Crippen LogP contribution in [0.4, 0.5) is 4.39 Å². The first-order valence-electron chi connectivity index (χ1n) is 9.39. The minimum absolute atomic E-state index is 0.165. The molecule has 1 saturated heterocycles. The molecule has 0 spiro atoms. The van der Waals surface area contributed by atoms with Gasteiger partial charge in [0.05, 0.1) is 21.8 Å². The topological polar surface area (TPSA) is 84.7 Å². The first kappa shape index (κ1) is 21.7. The van der Waals surface area contributed by atoms with Gasteiger partial charge in [-0.2, -0.15) is 9.78 Å². The van der Waals surface area contributed by atoms with Crippen LogP contribution in [0.15, 0.2) is 59.5 Å². The number of benzene rings is 2. The minimum atomic E-state index is -1.16. The number of halogens is 1. The number of aryl methyl sites for hydroxylation is 1. The summed E-state index contributed by atoms with van der Waals surface area (Å²) in [4.78, 5) is 25.1. The number of carbonyl (C=O) groups is 2. The number of ether oxygens (including phenoxy) is 1. The molecule has 7 nitrogen and oxygen atoms in total. The van der Waals surface area contributed by atoms with E-state index in [9.17, 15) is 14.0 Å². The van der Waals surface area contributed by atoms with Gasteiger partial charge in [-0.05, 0) is 49.4 Å². The number of amides is 1. The molecule has 1 aliphatic heterocycles. The van der Waals surface area contributed by atoms with E-state index in [-0.39, 0.29) is 9.23 Å². The van der Waals surface area contributed by atoms with E-state index in [1.807, 2.05) is 30.3 Å². The number of aliphatic carboxylic acids is 1. The number of aromatic nitrogens is 2. The maximum absolute atomic E-state index is 13.3. The summed E-state index contributed by atoms with van der Waals surface area (Å²) in [6.45, 7) is 1.25. The van der Waals surface area contributed by atoms with Gasteiger partial charge in [0, 0.05) is 0 Å². The molecule has 3 aromatic rings. The summed E-state index contributed by atoms with van der Waals surface area (Å²) >= 11 is 6.18. The van der Waals surface area contributed by atoms with Crippen LogP contribution in [0.1, 0.15) is 11.3 Å². The van der Waals surface area contributed by atoms with Crippen LogP contribution in [0.3, 0.4) is 0 Å². The molecule has 2 heterocycles. The molecule has 0 aliphatic carbocycles. The third-order valence-corrected chi connectivity index (χ3v) is 5.91. The van der Waals surface area contributed by atoms with Gasteiger partial charge >= 0.3 is 5.97 Å². The first-order valence-corrected chi connectivity index (χ1v) is 10.6. The lowest BCUT2D eigenvalue weighted by Gasteiger charge is -2.11. The molecule has 0 atom stereocenters. The number of hydrogen-bond donors (Lipinski definition) is 1. The summed E-state index contributed by atoms with van der Waals surface area (Å²) in [6.07, 6.45) is 1.59. The number of hydrogen-bond acceptors (Lipinski definition) is 6. The summed E-state index contributed by atoms with van der Waals surface area (Å²) < 4.78 is 21.2. The van der Waals surface area contributed by atoms with E-state index in [0.717, 1.165) is 22.3 Å². The zero-order chi connectivity index (χ0) is 22.8. The second kappa shape index (κ2) is 8.93. The maximum atomic E-state index is 13.3. The van der Waals surface area contributed by atoms with Crippen LogP contribution >= 0.6 is 24.0 Å². The summed E-state index contributed by atoms with van der Waals surface area (Å²) in [6, 6.07) is 14.8. The number of rotatable bonds is 6. The Morgan fingerprint density at radius 2 is 1.91 bits per heavy atom. The average molecular weight is 470 g/mol. The van der Waals surface area contributed by atoms with E-state index >= 15 is 0 Å². The lowest BCUT2D eigenvalue weighted by Crippen LogP contribution is -2.33. The summed E-state index contributed by atoms with van der Waals surface area (Å²) in [7, 11) is 0. The number of nitrogens with zero attached hydrogens (tertiary/aromatic N) is 3. The van der Waals surface area contributed by atoms with Crippen LogP contribution in [0.2, 0.25) is 0 Å². The third-order valence-electron chi connectivity index (χ3n) is 4.53. The number of thiocarbonyl (C=S) groups is 1. The Balaban J connectivity index is 1.80. The zero-order valence-corrected chi connectivity index (χ0v) is 18.3. The third kappa shape index (κ3) is 4.41. The van der Waals surface area contributed by atoms with Crippen molar-refractivity contribution in [3.63, 3.8) is 0 Å². The Morgan fingerprint density at radius 3 is 2.56 bits per heavy atom. The highest BCUT2D eigenvalue weighted by atomic mass is 32.2. The molecule has 10 heteroatoms. The second-order valence-corrected chi connectivity index (χ2v) is 8.44. The van der Waals surface area contributed by atoms with Crippen LogP contribution in [-0.4, -0.2) is 42.5 Å². The molecule has 1 N–H and O–H groups in total. The normalized spacial score (nSPS) is 14.9. The summed E-state index contributed by atoms with van der Waals surface area (Å²) in [5, 5.41) is 13.6. The molecule has 32 heavy (non-hydrogen) atoms. The van der Waals surface area contributed by atoms with Gasteiger partial charge in [-0.25, -0.2) is 4.39 Å². The average Bonchev–Trinajstić information content (AvgIpc) is 3.21. The molecule has 1 aliphatic rings. The first-order chi connectivity index (χ1) is 15.3. The molecular weight excluding hydrogens is 453 g/mol. The van der Waals surface area contributed by atoms with Gasteiger partial charge in [0.1, 0.15) is 22.4 Å². The fourth-order valence-electron chi connectivity index (χ4n) is 3.04. The van der Waals surface area contributed by atoms with Gasteiger partial charge in [0.25, 0.3) is 5.91 Å². The summed E-state index contributed by atoms with van der Waals surface area (Å²) in [5.41, 5.74) is 1.83. The van der Waals surface area contributed by atoms with Gasteiger partial charge < -0.3 is 9.84 Å². The van der Waals surface area contributed by atoms with Crippen molar-refractivity contribution < 1.29 is 23.8 Å². The maximum Gasteiger partial charge on any atom is 0.323 e. The van der Waals surface area contributed by atoms with Crippen molar-refractivity contribution in [2.24, 2.45) is 0 Å².